The number of alkyl halides is 3. The molecule has 0 atom stereocenters. The van der Waals surface area contributed by atoms with Crippen LogP contribution in [0.3, 0.4) is 0 Å². The maximum absolute atomic E-state index is 13.9. The summed E-state index contributed by atoms with van der Waals surface area (Å²) >= 11 is 1.11. The highest BCUT2D eigenvalue weighted by atomic mass is 32.2. The second-order valence-corrected chi connectivity index (χ2v) is 11.2. The van der Waals surface area contributed by atoms with Crippen molar-refractivity contribution in [2.75, 3.05) is 10.7 Å². The molecular weight excluding hydrogens is 626 g/mol. The van der Waals surface area contributed by atoms with Gasteiger partial charge >= 0.3 is 12.4 Å². The number of urea groups is 1. The van der Waals surface area contributed by atoms with Crippen LogP contribution in [0.15, 0.2) is 83.2 Å². The first-order chi connectivity index (χ1) is 21.9. The van der Waals surface area contributed by atoms with Gasteiger partial charge in [0.1, 0.15) is 17.9 Å². The fourth-order valence-electron chi connectivity index (χ4n) is 4.58. The predicted molar refractivity (Wildman–Crippen MR) is 167 cm³/mol. The predicted octanol–water partition coefficient (Wildman–Crippen LogP) is 7.06. The molecule has 0 aliphatic carbocycles. The van der Waals surface area contributed by atoms with E-state index in [2.05, 4.69) is 30.3 Å². The summed E-state index contributed by atoms with van der Waals surface area (Å²) in [7, 11) is 0. The Hall–Kier alpha value is -5.05. The van der Waals surface area contributed by atoms with E-state index < -0.39 is 18.2 Å². The van der Waals surface area contributed by atoms with Gasteiger partial charge in [0.15, 0.2) is 11.0 Å². The normalized spacial score (nSPS) is 14.8. The highest BCUT2D eigenvalue weighted by Crippen LogP contribution is 2.34. The van der Waals surface area contributed by atoms with Crippen molar-refractivity contribution < 1.29 is 31.9 Å². The molecule has 1 aromatic heterocycles. The minimum atomic E-state index is -4.78. The van der Waals surface area contributed by atoms with Crippen LogP contribution in [0.1, 0.15) is 44.2 Å². The lowest BCUT2D eigenvalue weighted by molar-refractivity contribution is -0.274. The number of nitrogens with zero attached hydrogens (tertiary/aromatic N) is 6. The third-order valence-corrected chi connectivity index (χ3v) is 7.66. The van der Waals surface area contributed by atoms with E-state index in [-0.39, 0.29) is 28.5 Å². The quantitative estimate of drug-likeness (QED) is 0.124. The third kappa shape index (κ3) is 7.59. The lowest BCUT2D eigenvalue weighted by Gasteiger charge is -2.21. The van der Waals surface area contributed by atoms with Gasteiger partial charge in [0.05, 0.1) is 22.8 Å². The van der Waals surface area contributed by atoms with E-state index in [4.69, 9.17) is 0 Å². The number of aliphatic imine (C=N–C) groups is 1. The topological polar surface area (TPSA) is 114 Å². The fraction of sp³-hybridized carbons (Fsp3) is 0.226. The van der Waals surface area contributed by atoms with Crippen LogP contribution in [-0.4, -0.2) is 49.7 Å². The van der Waals surface area contributed by atoms with E-state index in [1.165, 1.54) is 58.4 Å². The Bertz CT molecular complexity index is 1800. The van der Waals surface area contributed by atoms with Crippen LogP contribution in [0.25, 0.3) is 17.1 Å². The van der Waals surface area contributed by atoms with E-state index in [0.717, 1.165) is 17.3 Å². The maximum atomic E-state index is 13.9. The second kappa shape index (κ2) is 13.5. The Kier molecular flexibility index (Phi) is 9.51. The van der Waals surface area contributed by atoms with Gasteiger partial charge in [-0.2, -0.15) is 10.1 Å². The summed E-state index contributed by atoms with van der Waals surface area (Å²) in [5.74, 6) is -0.629. The van der Waals surface area contributed by atoms with E-state index in [1.54, 1.807) is 24.3 Å². The zero-order valence-electron chi connectivity index (χ0n) is 24.7. The van der Waals surface area contributed by atoms with Gasteiger partial charge in [-0.25, -0.2) is 24.3 Å². The molecule has 4 aromatic rings. The third-order valence-electron chi connectivity index (χ3n) is 6.74. The van der Waals surface area contributed by atoms with Crippen molar-refractivity contribution in [3.8, 4) is 22.8 Å². The van der Waals surface area contributed by atoms with Gasteiger partial charge in [-0.3, -0.25) is 9.69 Å². The number of halogens is 4. The van der Waals surface area contributed by atoms with Gasteiger partial charge < -0.3 is 4.74 Å². The number of nitrogens with one attached hydrogen (secondary N) is 1. The molecule has 3 aromatic carbocycles. The summed E-state index contributed by atoms with van der Waals surface area (Å²) in [6.07, 6.45) is -2.86. The summed E-state index contributed by atoms with van der Waals surface area (Å²) in [4.78, 5) is 35.1. The van der Waals surface area contributed by atoms with Crippen LogP contribution in [0.2, 0.25) is 0 Å². The summed E-state index contributed by atoms with van der Waals surface area (Å²) < 4.78 is 56.5. The molecular formula is C31H27F4N7O3S. The molecule has 0 radical (unpaired) electrons. The molecule has 0 unspecified atom stereocenters. The molecule has 10 nitrogen and oxygen atoms in total. The lowest BCUT2D eigenvalue weighted by atomic mass is 10.0. The number of carbonyl (C=O) groups excluding carboxylic acids is 2. The maximum Gasteiger partial charge on any atom is 0.573 e. The minimum Gasteiger partial charge on any atom is -0.406 e. The van der Waals surface area contributed by atoms with Crippen molar-refractivity contribution in [1.82, 2.24) is 20.2 Å². The number of amides is 3. The molecule has 0 spiro atoms. The van der Waals surface area contributed by atoms with Gasteiger partial charge in [-0.05, 0) is 65.9 Å². The smallest absolute Gasteiger partial charge is 0.406 e. The largest absolute Gasteiger partial charge is 0.573 e. The van der Waals surface area contributed by atoms with E-state index in [0.29, 0.717) is 40.5 Å². The Morgan fingerprint density at radius 2 is 1.80 bits per heavy atom. The number of carbonyl (C=O) groups is 2. The van der Waals surface area contributed by atoms with Gasteiger partial charge in [0.25, 0.3) is 0 Å². The Balaban J connectivity index is 1.27. The molecule has 1 aliphatic rings. The zero-order valence-corrected chi connectivity index (χ0v) is 25.6. The average molecular weight is 654 g/mol. The van der Waals surface area contributed by atoms with Crippen LogP contribution in [0.5, 0.6) is 5.75 Å². The molecule has 0 saturated carbocycles. The zero-order chi connectivity index (χ0) is 33.0. The minimum absolute atomic E-state index is 0.0729. The molecule has 1 aliphatic heterocycles. The Morgan fingerprint density at radius 1 is 1.09 bits per heavy atom. The summed E-state index contributed by atoms with van der Waals surface area (Å²) in [6, 6.07) is 15.7. The SMILES string of the molecule is CC/C(=N\NC(=O)N=C1SCC(=O)N1c1ccc(F)cc1C(C)C)c1ccc(-c2ncn(-c3ccc(OC(F)(F)F)cc3)n2)cc1. The van der Waals surface area contributed by atoms with Crippen LogP contribution in [0.4, 0.5) is 28.0 Å². The number of rotatable bonds is 8. The summed E-state index contributed by atoms with van der Waals surface area (Å²) in [6.45, 7) is 5.64. The molecule has 15 heteroatoms. The number of amidine groups is 1. The van der Waals surface area contributed by atoms with Crippen LogP contribution in [0, 0.1) is 5.82 Å². The number of ether oxygens (including phenoxy) is 1. The van der Waals surface area contributed by atoms with Crippen LogP contribution < -0.4 is 15.1 Å². The van der Waals surface area contributed by atoms with Crippen molar-refractivity contribution in [3.63, 3.8) is 0 Å². The van der Waals surface area contributed by atoms with Crippen molar-refractivity contribution in [2.45, 2.75) is 39.5 Å². The van der Waals surface area contributed by atoms with Crippen LogP contribution >= 0.6 is 11.8 Å². The number of hydrazone groups is 1. The first kappa shape index (κ1) is 32.3. The number of hydrogen-bond acceptors (Lipinski definition) is 7. The molecule has 3 amide bonds. The second-order valence-electron chi connectivity index (χ2n) is 10.2. The van der Waals surface area contributed by atoms with Crippen molar-refractivity contribution >= 4 is 40.3 Å². The first-order valence-electron chi connectivity index (χ1n) is 14.0. The number of aromatic nitrogens is 3. The van der Waals surface area contributed by atoms with Gasteiger partial charge in [0.2, 0.25) is 5.91 Å². The summed E-state index contributed by atoms with van der Waals surface area (Å²) in [5.41, 5.74) is 5.97. The molecule has 5 rings (SSSR count). The van der Waals surface area contributed by atoms with E-state index in [9.17, 15) is 27.2 Å². The standard InChI is InChI=1S/C31H27F4N7O3S/c1-4-25(38-39-29(44)37-30-42(27(43)16-46-30)26-14-9-21(32)15-24(26)18(2)3)19-5-7-20(8-6-19)28-36-17-41(40-28)22-10-12-23(13-11-22)45-31(33,34)35/h5-15,17-18H,4,16H2,1-3H3,(H,39,44)/b37-30?,38-25+. The molecule has 46 heavy (non-hydrogen) atoms. The lowest BCUT2D eigenvalue weighted by Crippen LogP contribution is -2.32. The van der Waals surface area contributed by atoms with Crippen molar-refractivity contribution in [2.24, 2.45) is 10.1 Å². The number of thioether (sulfide) groups is 1. The molecule has 0 bridgehead atoms. The number of hydrogen-bond donors (Lipinski definition) is 1. The van der Waals surface area contributed by atoms with Gasteiger partial charge in [-0.1, -0.05) is 56.8 Å². The monoisotopic (exact) mass is 653 g/mol. The molecule has 238 valence electrons. The highest BCUT2D eigenvalue weighted by Gasteiger charge is 2.33. The van der Waals surface area contributed by atoms with Gasteiger partial charge in [0, 0.05) is 5.56 Å². The van der Waals surface area contributed by atoms with E-state index in [1.807, 2.05) is 20.8 Å². The Morgan fingerprint density at radius 3 is 2.46 bits per heavy atom. The van der Waals surface area contributed by atoms with Gasteiger partial charge in [-0.15, -0.1) is 18.3 Å². The fourth-order valence-corrected chi connectivity index (χ4v) is 5.44. The van der Waals surface area contributed by atoms with Crippen LogP contribution in [-0.2, 0) is 4.79 Å². The van der Waals surface area contributed by atoms with Crippen molar-refractivity contribution in [1.29, 1.82) is 0 Å². The van der Waals surface area contributed by atoms with Crippen molar-refractivity contribution in [3.05, 3.63) is 90.0 Å². The average Bonchev–Trinajstić information content (AvgIpc) is 3.64. The molecule has 1 saturated heterocycles. The Labute approximate surface area is 265 Å². The number of anilines is 1. The highest BCUT2D eigenvalue weighted by molar-refractivity contribution is 8.15. The summed E-state index contributed by atoms with van der Waals surface area (Å²) in [5, 5.41) is 8.81. The molecule has 2 heterocycles. The molecule has 1 N–H and O–H groups in total. The molecule has 1 fully saturated rings. The van der Waals surface area contributed by atoms with E-state index >= 15 is 0 Å². The first-order valence-corrected chi connectivity index (χ1v) is 15.0. The number of benzene rings is 3.